The van der Waals surface area contributed by atoms with Crippen LogP contribution in [0.1, 0.15) is 245 Å². The molecule has 416 valence electrons. The van der Waals surface area contributed by atoms with Crippen molar-refractivity contribution in [3.05, 3.63) is 146 Å². The first kappa shape index (κ1) is 69.3. The van der Waals surface area contributed by atoms with Crippen LogP contribution in [0, 0.1) is 0 Å². The van der Waals surface area contributed by atoms with Crippen molar-refractivity contribution >= 4 is 17.9 Å². The number of carbonyl (C=O) groups is 3. The third-order valence-electron chi connectivity index (χ3n) is 12.1. The summed E-state index contributed by atoms with van der Waals surface area (Å²) >= 11 is 0. The molecule has 0 amide bonds. The van der Waals surface area contributed by atoms with Crippen LogP contribution in [0.2, 0.25) is 0 Å². The van der Waals surface area contributed by atoms with Crippen molar-refractivity contribution < 1.29 is 28.6 Å². The maximum absolute atomic E-state index is 12.8. The lowest BCUT2D eigenvalue weighted by Gasteiger charge is -2.18. The Hall–Kier alpha value is -4.71. The van der Waals surface area contributed by atoms with Gasteiger partial charge in [-0.25, -0.2) is 0 Å². The number of carbonyl (C=O) groups excluding carboxylic acids is 3. The number of allylic oxidation sites excluding steroid dienone is 24. The van der Waals surface area contributed by atoms with E-state index in [1.165, 1.54) is 44.9 Å². The first-order chi connectivity index (χ1) is 36.5. The van der Waals surface area contributed by atoms with Gasteiger partial charge in [0.05, 0.1) is 0 Å². The van der Waals surface area contributed by atoms with Gasteiger partial charge in [0.1, 0.15) is 13.2 Å². The molecule has 0 spiro atoms. The van der Waals surface area contributed by atoms with E-state index in [9.17, 15) is 14.4 Å². The van der Waals surface area contributed by atoms with Gasteiger partial charge < -0.3 is 14.2 Å². The lowest BCUT2D eigenvalue weighted by atomic mass is 10.1. The number of unbranched alkanes of at least 4 members (excludes halogenated alkanes) is 17. The van der Waals surface area contributed by atoms with Crippen molar-refractivity contribution in [3.63, 3.8) is 0 Å². The summed E-state index contributed by atoms with van der Waals surface area (Å²) in [6, 6.07) is 0. The summed E-state index contributed by atoms with van der Waals surface area (Å²) in [6.45, 7) is 6.34. The maximum Gasteiger partial charge on any atom is 0.306 e. The fourth-order valence-electron chi connectivity index (χ4n) is 7.68. The number of rotatable bonds is 52. The molecule has 0 aromatic carbocycles. The standard InChI is InChI=1S/C68H108O6/c1-4-7-10-13-16-19-22-24-25-26-27-28-29-30-31-32-33-34-35-36-37-38-39-40-41-42-43-45-46-49-52-55-58-61-67(70)73-64-65(63-72-66(69)60-57-54-51-48-21-18-15-12-9-6-3)74-68(71)62-59-56-53-50-47-44-23-20-17-14-11-8-5-2/h7-8,10-11,16-17,19-20,24-25,27-28,30-31,33-34,36-37,39-40,42-44,47,65H,4-6,9,12-15,18,21-23,26,29,32,35,38,41,45-46,48-64H2,1-3H3/b10-7-,11-8-,19-16-,20-17-,25-24-,28-27-,31-30-,34-33-,37-36-,40-39-,43-42-,47-44-. The molecule has 0 aromatic rings. The number of hydrogen-bond acceptors (Lipinski definition) is 6. The second kappa shape index (κ2) is 60.8. The van der Waals surface area contributed by atoms with Crippen molar-refractivity contribution in [1.29, 1.82) is 0 Å². The Labute approximate surface area is 455 Å². The van der Waals surface area contributed by atoms with E-state index in [0.29, 0.717) is 12.8 Å². The van der Waals surface area contributed by atoms with Crippen LogP contribution in [0.3, 0.4) is 0 Å². The van der Waals surface area contributed by atoms with Gasteiger partial charge in [-0.05, 0) is 122 Å². The molecule has 0 heterocycles. The molecule has 0 aliphatic carbocycles. The lowest BCUT2D eigenvalue weighted by Crippen LogP contribution is -2.30. The third kappa shape index (κ3) is 58.2. The molecule has 0 radical (unpaired) electrons. The molecule has 0 aliphatic rings. The summed E-state index contributed by atoms with van der Waals surface area (Å²) in [6.07, 6.45) is 87.2. The van der Waals surface area contributed by atoms with Crippen LogP contribution < -0.4 is 0 Å². The maximum atomic E-state index is 12.8. The minimum absolute atomic E-state index is 0.0991. The van der Waals surface area contributed by atoms with Gasteiger partial charge in [-0.15, -0.1) is 0 Å². The molecule has 0 rings (SSSR count). The van der Waals surface area contributed by atoms with Crippen molar-refractivity contribution in [3.8, 4) is 0 Å². The van der Waals surface area contributed by atoms with Crippen molar-refractivity contribution in [1.82, 2.24) is 0 Å². The Bertz CT molecular complexity index is 1640. The summed E-state index contributed by atoms with van der Waals surface area (Å²) in [5, 5.41) is 0. The second-order valence-corrected chi connectivity index (χ2v) is 19.1. The zero-order valence-electron chi connectivity index (χ0n) is 47.5. The summed E-state index contributed by atoms with van der Waals surface area (Å²) in [5.74, 6) is -0.957. The van der Waals surface area contributed by atoms with E-state index in [-0.39, 0.29) is 37.5 Å². The molecule has 6 heteroatoms. The largest absolute Gasteiger partial charge is 0.462 e. The van der Waals surface area contributed by atoms with Gasteiger partial charge >= 0.3 is 17.9 Å². The SMILES string of the molecule is CC/C=C\C/C=C\C/C=C\C/C=C\C/C=C\C/C=C\C/C=C\C/C=C\C/C=C\CCCCCCCC(=O)OCC(COC(=O)CCCCCCCCCCCC)OC(=O)CCCCC/C=C\C/C=C\C/C=C\CC. The van der Waals surface area contributed by atoms with Crippen LogP contribution >= 0.6 is 0 Å². The second-order valence-electron chi connectivity index (χ2n) is 19.1. The molecule has 0 aromatic heterocycles. The normalized spacial score (nSPS) is 13.2. The van der Waals surface area contributed by atoms with Gasteiger partial charge in [-0.1, -0.05) is 250 Å². The number of ether oxygens (including phenoxy) is 3. The molecular weight excluding hydrogens is 913 g/mol. The molecule has 1 unspecified atom stereocenters. The van der Waals surface area contributed by atoms with Gasteiger partial charge in [0.2, 0.25) is 0 Å². The highest BCUT2D eigenvalue weighted by molar-refractivity contribution is 5.71. The zero-order chi connectivity index (χ0) is 53.6. The highest BCUT2D eigenvalue weighted by atomic mass is 16.6. The van der Waals surface area contributed by atoms with Crippen LogP contribution in [0.25, 0.3) is 0 Å². The summed E-state index contributed by atoms with van der Waals surface area (Å²) in [5.41, 5.74) is 0. The molecule has 6 nitrogen and oxygen atoms in total. The van der Waals surface area contributed by atoms with Crippen LogP contribution in [0.5, 0.6) is 0 Å². The monoisotopic (exact) mass is 1020 g/mol. The number of hydrogen-bond donors (Lipinski definition) is 0. The Morgan fingerprint density at radius 2 is 0.527 bits per heavy atom. The molecule has 0 fully saturated rings. The van der Waals surface area contributed by atoms with Gasteiger partial charge in [0.15, 0.2) is 6.10 Å². The Balaban J connectivity index is 4.27. The Morgan fingerprint density at radius 1 is 0.284 bits per heavy atom. The van der Waals surface area contributed by atoms with Crippen LogP contribution in [0.4, 0.5) is 0 Å². The predicted octanol–water partition coefficient (Wildman–Crippen LogP) is 20.4. The quantitative estimate of drug-likeness (QED) is 0.0261. The smallest absolute Gasteiger partial charge is 0.306 e. The zero-order valence-corrected chi connectivity index (χ0v) is 47.5. The highest BCUT2D eigenvalue weighted by Gasteiger charge is 2.19. The highest BCUT2D eigenvalue weighted by Crippen LogP contribution is 2.14. The minimum atomic E-state index is -0.804. The van der Waals surface area contributed by atoms with E-state index >= 15 is 0 Å². The van der Waals surface area contributed by atoms with E-state index in [2.05, 4.69) is 167 Å². The average molecular weight is 1020 g/mol. The van der Waals surface area contributed by atoms with Gasteiger partial charge in [-0.3, -0.25) is 14.4 Å². The fourth-order valence-corrected chi connectivity index (χ4v) is 7.68. The average Bonchev–Trinajstić information content (AvgIpc) is 3.40. The first-order valence-electron chi connectivity index (χ1n) is 29.8. The third-order valence-corrected chi connectivity index (χ3v) is 12.1. The molecule has 0 N–H and O–H groups in total. The van der Waals surface area contributed by atoms with Crippen LogP contribution in [-0.2, 0) is 28.6 Å². The first-order valence-corrected chi connectivity index (χ1v) is 29.8. The van der Waals surface area contributed by atoms with Gasteiger partial charge in [-0.2, -0.15) is 0 Å². The van der Waals surface area contributed by atoms with Gasteiger partial charge in [0, 0.05) is 19.3 Å². The van der Waals surface area contributed by atoms with Crippen LogP contribution in [0.15, 0.2) is 146 Å². The van der Waals surface area contributed by atoms with Gasteiger partial charge in [0.25, 0.3) is 0 Å². The summed E-state index contributed by atoms with van der Waals surface area (Å²) in [7, 11) is 0. The van der Waals surface area contributed by atoms with E-state index in [1.54, 1.807) is 0 Å². The minimum Gasteiger partial charge on any atom is -0.462 e. The lowest BCUT2D eigenvalue weighted by molar-refractivity contribution is -0.167. The fraction of sp³-hybridized carbons (Fsp3) is 0.603. The molecule has 0 saturated heterocycles. The summed E-state index contributed by atoms with van der Waals surface area (Å²) < 4.78 is 16.8. The number of esters is 3. The van der Waals surface area contributed by atoms with Crippen molar-refractivity contribution in [2.45, 2.75) is 252 Å². The van der Waals surface area contributed by atoms with E-state index < -0.39 is 6.10 Å². The van der Waals surface area contributed by atoms with E-state index in [1.807, 2.05) is 0 Å². The molecule has 0 saturated carbocycles. The van der Waals surface area contributed by atoms with Crippen LogP contribution in [-0.4, -0.2) is 37.2 Å². The van der Waals surface area contributed by atoms with Crippen molar-refractivity contribution in [2.75, 3.05) is 13.2 Å². The van der Waals surface area contributed by atoms with Crippen molar-refractivity contribution in [2.24, 2.45) is 0 Å². The van der Waals surface area contributed by atoms with E-state index in [0.717, 1.165) is 161 Å². The molecule has 1 atom stereocenters. The Morgan fingerprint density at radius 3 is 0.838 bits per heavy atom. The summed E-state index contributed by atoms with van der Waals surface area (Å²) in [4.78, 5) is 38.0. The van der Waals surface area contributed by atoms with E-state index in [4.69, 9.17) is 14.2 Å². The Kier molecular flexibility index (Phi) is 57.0. The molecule has 74 heavy (non-hydrogen) atoms. The molecule has 0 bridgehead atoms. The molecular formula is C68H108O6. The predicted molar refractivity (Wildman–Crippen MR) is 320 cm³/mol. The molecule has 0 aliphatic heterocycles. The topological polar surface area (TPSA) is 78.9 Å².